The van der Waals surface area contributed by atoms with Crippen LogP contribution in [0.25, 0.3) is 21.9 Å². The van der Waals surface area contributed by atoms with Gasteiger partial charge in [-0.3, -0.25) is 4.79 Å². The molecular formula is C18H16ClN3O2. The van der Waals surface area contributed by atoms with Crippen molar-refractivity contribution in [3.05, 3.63) is 45.2 Å². The quantitative estimate of drug-likeness (QED) is 0.732. The molecule has 24 heavy (non-hydrogen) atoms. The molecule has 0 atom stereocenters. The normalized spacial score (nSPS) is 11.6. The van der Waals surface area contributed by atoms with Crippen LogP contribution in [0, 0.1) is 11.3 Å². The van der Waals surface area contributed by atoms with Crippen molar-refractivity contribution in [3.63, 3.8) is 0 Å². The van der Waals surface area contributed by atoms with E-state index in [2.05, 4.69) is 16.0 Å². The van der Waals surface area contributed by atoms with Gasteiger partial charge in [0.1, 0.15) is 5.65 Å². The zero-order valence-corrected chi connectivity index (χ0v) is 14.4. The Bertz CT molecular complexity index is 1050. The Labute approximate surface area is 143 Å². The van der Waals surface area contributed by atoms with Crippen LogP contribution in [0.1, 0.15) is 26.5 Å². The van der Waals surface area contributed by atoms with Crippen LogP contribution in [-0.4, -0.2) is 16.6 Å². The maximum atomic E-state index is 12.8. The molecule has 1 aromatic carbocycles. The third kappa shape index (κ3) is 2.49. The average molecular weight is 342 g/mol. The van der Waals surface area contributed by atoms with Crippen LogP contribution in [0.4, 0.5) is 0 Å². The molecule has 0 spiro atoms. The molecule has 0 unspecified atom stereocenters. The van der Waals surface area contributed by atoms with Gasteiger partial charge in [0.2, 0.25) is 0 Å². The second kappa shape index (κ2) is 5.81. The summed E-state index contributed by atoms with van der Waals surface area (Å²) in [5, 5.41) is 10.7. The molecule has 0 aliphatic rings. The molecule has 0 radical (unpaired) electrons. The summed E-state index contributed by atoms with van der Waals surface area (Å²) in [5.74, 6) is 0.433. The third-order valence-corrected chi connectivity index (χ3v) is 4.24. The highest BCUT2D eigenvalue weighted by Gasteiger charge is 2.22. The number of ether oxygens (including phenoxy) is 1. The number of nitrogens with one attached hydrogen (secondary N) is 1. The van der Waals surface area contributed by atoms with E-state index in [4.69, 9.17) is 16.3 Å². The highest BCUT2D eigenvalue weighted by atomic mass is 35.5. The second-order valence-corrected chi connectivity index (χ2v) is 6.42. The molecule has 5 nitrogen and oxygen atoms in total. The number of rotatable bonds is 3. The lowest BCUT2D eigenvalue weighted by Crippen LogP contribution is -2.17. The Morgan fingerprint density at radius 2 is 2.00 bits per heavy atom. The Hall–Kier alpha value is -2.58. The standard InChI is InChI=1S/C18H16ClN3O2/c1-4-24-16-12(19)7-5-10-14(16)22-17-11(15(10)23)6-8-13(21-17)18(2,3)9-20/h5-8H,4H2,1-3H3,(H,21,22,23). The monoisotopic (exact) mass is 341 g/mol. The van der Waals surface area contributed by atoms with Crippen LogP contribution in [0.5, 0.6) is 5.75 Å². The second-order valence-electron chi connectivity index (χ2n) is 6.02. The highest BCUT2D eigenvalue weighted by molar-refractivity contribution is 6.33. The van der Waals surface area contributed by atoms with Crippen molar-refractivity contribution in [1.29, 1.82) is 5.26 Å². The number of aromatic amines is 1. The zero-order valence-electron chi connectivity index (χ0n) is 13.6. The Kier molecular flexibility index (Phi) is 3.94. The molecule has 3 rings (SSSR count). The van der Waals surface area contributed by atoms with Crippen molar-refractivity contribution >= 4 is 33.5 Å². The van der Waals surface area contributed by atoms with Crippen molar-refractivity contribution in [2.75, 3.05) is 6.61 Å². The van der Waals surface area contributed by atoms with Crippen molar-refractivity contribution in [2.24, 2.45) is 0 Å². The average Bonchev–Trinajstić information content (AvgIpc) is 2.57. The van der Waals surface area contributed by atoms with Gasteiger partial charge in [0, 0.05) is 0 Å². The molecule has 0 saturated heterocycles. The Morgan fingerprint density at radius 1 is 1.29 bits per heavy atom. The molecule has 2 heterocycles. The molecule has 1 N–H and O–H groups in total. The molecule has 0 aliphatic carbocycles. The molecule has 0 bridgehead atoms. The summed E-state index contributed by atoms with van der Waals surface area (Å²) >= 11 is 6.20. The molecule has 0 fully saturated rings. The number of hydrogen-bond acceptors (Lipinski definition) is 4. The van der Waals surface area contributed by atoms with Crippen LogP contribution in [0.3, 0.4) is 0 Å². The predicted octanol–water partition coefficient (Wildman–Crippen LogP) is 3.93. The summed E-state index contributed by atoms with van der Waals surface area (Å²) in [6, 6.07) is 8.95. The summed E-state index contributed by atoms with van der Waals surface area (Å²) in [5.41, 5.74) is 0.618. The van der Waals surface area contributed by atoms with E-state index in [0.29, 0.717) is 45.0 Å². The van der Waals surface area contributed by atoms with Crippen LogP contribution in [0.2, 0.25) is 5.02 Å². The molecule has 3 aromatic rings. The maximum absolute atomic E-state index is 12.8. The number of benzene rings is 1. The van der Waals surface area contributed by atoms with Gasteiger partial charge in [-0.1, -0.05) is 11.6 Å². The number of aromatic nitrogens is 2. The number of pyridine rings is 2. The van der Waals surface area contributed by atoms with Crippen LogP contribution >= 0.6 is 11.6 Å². The third-order valence-electron chi connectivity index (χ3n) is 3.95. The minimum atomic E-state index is -0.753. The highest BCUT2D eigenvalue weighted by Crippen LogP contribution is 2.32. The first-order valence-electron chi connectivity index (χ1n) is 7.59. The fraction of sp³-hybridized carbons (Fsp3) is 0.278. The van der Waals surface area contributed by atoms with Gasteiger partial charge >= 0.3 is 0 Å². The number of nitriles is 1. The van der Waals surface area contributed by atoms with E-state index in [1.807, 2.05) is 6.92 Å². The minimum absolute atomic E-state index is 0.148. The summed E-state index contributed by atoms with van der Waals surface area (Å²) in [7, 11) is 0. The van der Waals surface area contributed by atoms with E-state index in [9.17, 15) is 10.1 Å². The first kappa shape index (κ1) is 16.3. The summed E-state index contributed by atoms with van der Waals surface area (Å²) in [6.07, 6.45) is 0. The lowest BCUT2D eigenvalue weighted by molar-refractivity contribution is 0.344. The van der Waals surface area contributed by atoms with Crippen molar-refractivity contribution in [1.82, 2.24) is 9.97 Å². The van der Waals surface area contributed by atoms with Gasteiger partial charge in [-0.05, 0) is 45.0 Å². The van der Waals surface area contributed by atoms with E-state index in [-0.39, 0.29) is 5.43 Å². The van der Waals surface area contributed by atoms with E-state index in [0.717, 1.165) is 0 Å². The summed E-state index contributed by atoms with van der Waals surface area (Å²) in [4.78, 5) is 20.4. The number of halogens is 1. The Morgan fingerprint density at radius 3 is 2.67 bits per heavy atom. The summed E-state index contributed by atoms with van der Waals surface area (Å²) in [6.45, 7) is 5.83. The number of fused-ring (bicyclic) bond motifs is 2. The van der Waals surface area contributed by atoms with Gasteiger partial charge in [0.25, 0.3) is 0 Å². The van der Waals surface area contributed by atoms with Crippen LogP contribution in [0.15, 0.2) is 29.1 Å². The van der Waals surface area contributed by atoms with Gasteiger partial charge in [-0.25, -0.2) is 4.98 Å². The molecule has 0 aliphatic heterocycles. The fourth-order valence-corrected chi connectivity index (χ4v) is 2.77. The molecule has 6 heteroatoms. The SMILES string of the molecule is CCOc1c(Cl)ccc2c(=O)c3ccc(C(C)(C)C#N)nc3[nH]c12. The van der Waals surface area contributed by atoms with E-state index in [1.54, 1.807) is 38.1 Å². The molecule has 122 valence electrons. The fourth-order valence-electron chi connectivity index (χ4n) is 2.56. The van der Waals surface area contributed by atoms with Gasteiger partial charge < -0.3 is 9.72 Å². The minimum Gasteiger partial charge on any atom is -0.490 e. The number of nitrogens with zero attached hydrogens (tertiary/aromatic N) is 2. The first-order valence-corrected chi connectivity index (χ1v) is 7.96. The van der Waals surface area contributed by atoms with E-state index in [1.165, 1.54) is 0 Å². The summed E-state index contributed by atoms with van der Waals surface area (Å²) < 4.78 is 5.59. The van der Waals surface area contributed by atoms with Crippen molar-refractivity contribution < 1.29 is 4.74 Å². The zero-order chi connectivity index (χ0) is 17.5. The van der Waals surface area contributed by atoms with Gasteiger partial charge in [-0.15, -0.1) is 0 Å². The van der Waals surface area contributed by atoms with Gasteiger partial charge in [0.15, 0.2) is 11.2 Å². The smallest absolute Gasteiger partial charge is 0.198 e. The van der Waals surface area contributed by atoms with Crippen LogP contribution in [-0.2, 0) is 5.41 Å². The van der Waals surface area contributed by atoms with Gasteiger partial charge in [0.05, 0.1) is 45.1 Å². The van der Waals surface area contributed by atoms with E-state index < -0.39 is 5.41 Å². The number of hydrogen-bond donors (Lipinski definition) is 1. The number of H-pyrrole nitrogens is 1. The molecule has 0 amide bonds. The Balaban J connectivity index is 2.40. The topological polar surface area (TPSA) is 78.8 Å². The van der Waals surface area contributed by atoms with Crippen molar-refractivity contribution in [3.8, 4) is 11.8 Å². The maximum Gasteiger partial charge on any atom is 0.198 e. The first-order chi connectivity index (χ1) is 11.4. The molecule has 0 saturated carbocycles. The molecule has 2 aromatic heterocycles. The van der Waals surface area contributed by atoms with Gasteiger partial charge in [-0.2, -0.15) is 5.26 Å². The van der Waals surface area contributed by atoms with Crippen molar-refractivity contribution in [2.45, 2.75) is 26.2 Å². The lowest BCUT2D eigenvalue weighted by atomic mass is 9.90. The van der Waals surface area contributed by atoms with E-state index >= 15 is 0 Å². The predicted molar refractivity (Wildman–Crippen MR) is 94.7 cm³/mol. The lowest BCUT2D eigenvalue weighted by Gasteiger charge is -2.15. The van der Waals surface area contributed by atoms with Crippen LogP contribution < -0.4 is 10.2 Å². The largest absolute Gasteiger partial charge is 0.490 e. The molecular weight excluding hydrogens is 326 g/mol.